The minimum absolute atomic E-state index is 0.00261. The molecule has 1 unspecified atom stereocenters. The first kappa shape index (κ1) is 13.7. The molecule has 0 radical (unpaired) electrons. The first-order valence-corrected chi connectivity index (χ1v) is 6.59. The third-order valence-corrected chi connectivity index (χ3v) is 3.69. The van der Waals surface area contributed by atoms with E-state index in [2.05, 4.69) is 26.4 Å². The minimum Gasteiger partial charge on any atom is -0.507 e. The first-order valence-electron chi connectivity index (χ1n) is 5.79. The molecule has 0 aromatic heterocycles. The fraction of sp³-hybridized carbons (Fsp3) is 0.333. The van der Waals surface area contributed by atoms with E-state index in [1.807, 2.05) is 0 Å². The lowest BCUT2D eigenvalue weighted by atomic mass is 10.1. The van der Waals surface area contributed by atoms with Crippen molar-refractivity contribution in [2.75, 3.05) is 0 Å². The highest BCUT2D eigenvalue weighted by molar-refractivity contribution is 9.10. The standard InChI is InChI=1S/C12H14BrN3O3/c13-8-4-3-7(5-9(8)17)12(18)15-10(6-1-2-6)11(14)16-19/h3-6,10,17,19H,1-2H2,(H2,14,16)(H,15,18). The summed E-state index contributed by atoms with van der Waals surface area (Å²) in [5.74, 6) is -0.174. The highest BCUT2D eigenvalue weighted by Crippen LogP contribution is 2.33. The van der Waals surface area contributed by atoms with Gasteiger partial charge in [0.1, 0.15) is 5.75 Å². The number of halogens is 1. The van der Waals surface area contributed by atoms with Crippen LogP contribution in [0, 0.1) is 5.92 Å². The fourth-order valence-electron chi connectivity index (χ4n) is 1.80. The number of carbonyl (C=O) groups is 1. The number of nitrogens with two attached hydrogens (primary N) is 1. The summed E-state index contributed by atoms with van der Waals surface area (Å²) in [5, 5.41) is 23.9. The quantitative estimate of drug-likeness (QED) is 0.290. The SMILES string of the molecule is N/C(=N/O)C(NC(=O)c1ccc(Br)c(O)c1)C1CC1. The molecular weight excluding hydrogens is 314 g/mol. The van der Waals surface area contributed by atoms with E-state index in [-0.39, 0.29) is 23.4 Å². The predicted octanol–water partition coefficient (Wildman–Crippen LogP) is 1.41. The van der Waals surface area contributed by atoms with Crippen molar-refractivity contribution in [3.63, 3.8) is 0 Å². The normalized spacial score (nSPS) is 17.0. The second-order valence-corrected chi connectivity index (χ2v) is 5.33. The molecule has 6 nitrogen and oxygen atoms in total. The third-order valence-electron chi connectivity index (χ3n) is 3.02. The lowest BCUT2D eigenvalue weighted by Gasteiger charge is -2.16. The minimum atomic E-state index is -0.469. The van der Waals surface area contributed by atoms with Gasteiger partial charge in [0, 0.05) is 5.56 Å². The molecule has 5 N–H and O–H groups in total. The van der Waals surface area contributed by atoms with Gasteiger partial charge in [0.15, 0.2) is 5.84 Å². The van der Waals surface area contributed by atoms with Crippen LogP contribution in [0.2, 0.25) is 0 Å². The van der Waals surface area contributed by atoms with Gasteiger partial charge in [-0.2, -0.15) is 0 Å². The van der Waals surface area contributed by atoms with Crippen molar-refractivity contribution in [2.24, 2.45) is 16.8 Å². The lowest BCUT2D eigenvalue weighted by Crippen LogP contribution is -2.46. The van der Waals surface area contributed by atoms with Crippen LogP contribution in [0.5, 0.6) is 5.75 Å². The topological polar surface area (TPSA) is 108 Å². The van der Waals surface area contributed by atoms with E-state index in [9.17, 15) is 9.90 Å². The molecule has 1 aromatic carbocycles. The van der Waals surface area contributed by atoms with Crippen LogP contribution in [-0.2, 0) is 0 Å². The number of rotatable bonds is 4. The zero-order valence-corrected chi connectivity index (χ0v) is 11.6. The summed E-state index contributed by atoms with van der Waals surface area (Å²) in [5.41, 5.74) is 5.88. The number of amides is 1. The van der Waals surface area contributed by atoms with Gasteiger partial charge in [-0.05, 0) is 52.9 Å². The third kappa shape index (κ3) is 3.17. The maximum atomic E-state index is 12.0. The van der Waals surface area contributed by atoms with Crippen molar-refractivity contribution in [1.82, 2.24) is 5.32 Å². The summed E-state index contributed by atoms with van der Waals surface area (Å²) in [6, 6.07) is 4.05. The second kappa shape index (κ2) is 5.48. The molecule has 1 aliphatic carbocycles. The summed E-state index contributed by atoms with van der Waals surface area (Å²) in [4.78, 5) is 12.0. The number of phenolic OH excluding ortho intramolecular Hbond substituents is 1. The molecule has 0 heterocycles. The highest BCUT2D eigenvalue weighted by Gasteiger charge is 2.35. The molecule has 19 heavy (non-hydrogen) atoms. The van der Waals surface area contributed by atoms with Crippen molar-refractivity contribution in [1.29, 1.82) is 0 Å². The molecule has 1 aliphatic rings. The fourth-order valence-corrected chi connectivity index (χ4v) is 2.05. The van der Waals surface area contributed by atoms with Gasteiger partial charge in [0.05, 0.1) is 10.5 Å². The average molecular weight is 328 g/mol. The number of aromatic hydroxyl groups is 1. The number of nitrogens with zero attached hydrogens (tertiary/aromatic N) is 1. The Balaban J connectivity index is 2.12. The van der Waals surface area contributed by atoms with Crippen LogP contribution in [-0.4, -0.2) is 28.1 Å². The Morgan fingerprint density at radius 2 is 2.21 bits per heavy atom. The smallest absolute Gasteiger partial charge is 0.252 e. The number of hydrogen-bond donors (Lipinski definition) is 4. The van der Waals surface area contributed by atoms with E-state index < -0.39 is 6.04 Å². The Labute approximate surface area is 118 Å². The summed E-state index contributed by atoms with van der Waals surface area (Å²) < 4.78 is 0.513. The molecule has 0 aliphatic heterocycles. The summed E-state index contributed by atoms with van der Waals surface area (Å²) in [7, 11) is 0. The molecule has 1 fully saturated rings. The monoisotopic (exact) mass is 327 g/mol. The Morgan fingerprint density at radius 3 is 2.74 bits per heavy atom. The van der Waals surface area contributed by atoms with Crippen molar-refractivity contribution in [3.05, 3.63) is 28.2 Å². The largest absolute Gasteiger partial charge is 0.507 e. The molecule has 102 valence electrons. The van der Waals surface area contributed by atoms with E-state index in [1.165, 1.54) is 6.07 Å². The molecule has 7 heteroatoms. The first-order chi connectivity index (χ1) is 9.02. The molecule has 1 saturated carbocycles. The lowest BCUT2D eigenvalue weighted by molar-refractivity contribution is 0.0942. The van der Waals surface area contributed by atoms with Gasteiger partial charge in [-0.25, -0.2) is 0 Å². The van der Waals surface area contributed by atoms with Gasteiger partial charge < -0.3 is 21.4 Å². The number of hydrogen-bond acceptors (Lipinski definition) is 4. The summed E-state index contributed by atoms with van der Waals surface area (Å²) in [6.45, 7) is 0. The molecule has 0 spiro atoms. The Bertz CT molecular complexity index is 529. The maximum Gasteiger partial charge on any atom is 0.252 e. The number of amidine groups is 1. The number of carbonyl (C=O) groups excluding carboxylic acids is 1. The average Bonchev–Trinajstić information content (AvgIpc) is 3.22. The zero-order valence-electron chi connectivity index (χ0n) is 10.0. The molecule has 2 rings (SSSR count). The molecular formula is C12H14BrN3O3. The highest BCUT2D eigenvalue weighted by atomic mass is 79.9. The molecule has 1 atom stereocenters. The van der Waals surface area contributed by atoms with Crippen LogP contribution in [0.25, 0.3) is 0 Å². The van der Waals surface area contributed by atoms with Crippen LogP contribution in [0.15, 0.2) is 27.8 Å². The number of nitrogens with one attached hydrogen (secondary N) is 1. The van der Waals surface area contributed by atoms with Gasteiger partial charge >= 0.3 is 0 Å². The number of oxime groups is 1. The summed E-state index contributed by atoms with van der Waals surface area (Å²) >= 11 is 3.14. The van der Waals surface area contributed by atoms with Gasteiger partial charge in [-0.1, -0.05) is 5.16 Å². The van der Waals surface area contributed by atoms with E-state index in [0.717, 1.165) is 12.8 Å². The van der Waals surface area contributed by atoms with Crippen molar-refractivity contribution in [2.45, 2.75) is 18.9 Å². The van der Waals surface area contributed by atoms with Crippen molar-refractivity contribution >= 4 is 27.7 Å². The van der Waals surface area contributed by atoms with E-state index in [4.69, 9.17) is 10.9 Å². The predicted molar refractivity (Wildman–Crippen MR) is 73.2 cm³/mol. The van der Waals surface area contributed by atoms with Crippen LogP contribution in [0.1, 0.15) is 23.2 Å². The van der Waals surface area contributed by atoms with Gasteiger partial charge in [0.2, 0.25) is 0 Å². The van der Waals surface area contributed by atoms with Gasteiger partial charge in [0.25, 0.3) is 5.91 Å². The van der Waals surface area contributed by atoms with Crippen LogP contribution < -0.4 is 11.1 Å². The van der Waals surface area contributed by atoms with E-state index >= 15 is 0 Å². The summed E-state index contributed by atoms with van der Waals surface area (Å²) in [6.07, 6.45) is 1.87. The molecule has 0 saturated heterocycles. The second-order valence-electron chi connectivity index (χ2n) is 4.48. The Hall–Kier alpha value is -1.76. The molecule has 1 aromatic rings. The molecule has 0 bridgehead atoms. The van der Waals surface area contributed by atoms with Gasteiger partial charge in [-0.3, -0.25) is 4.79 Å². The molecule has 1 amide bonds. The van der Waals surface area contributed by atoms with Crippen molar-refractivity contribution < 1.29 is 15.1 Å². The van der Waals surface area contributed by atoms with E-state index in [1.54, 1.807) is 12.1 Å². The van der Waals surface area contributed by atoms with Crippen molar-refractivity contribution in [3.8, 4) is 5.75 Å². The van der Waals surface area contributed by atoms with Crippen LogP contribution in [0.3, 0.4) is 0 Å². The van der Waals surface area contributed by atoms with Gasteiger partial charge in [-0.15, -0.1) is 0 Å². The van der Waals surface area contributed by atoms with E-state index in [0.29, 0.717) is 10.0 Å². The number of phenols is 1. The Kier molecular flexibility index (Phi) is 3.94. The Morgan fingerprint density at radius 1 is 1.53 bits per heavy atom. The van der Waals surface area contributed by atoms with Crippen LogP contribution >= 0.6 is 15.9 Å². The number of benzene rings is 1. The van der Waals surface area contributed by atoms with Crippen LogP contribution in [0.4, 0.5) is 0 Å². The maximum absolute atomic E-state index is 12.0. The zero-order chi connectivity index (χ0) is 14.0.